The fourth-order valence-electron chi connectivity index (χ4n) is 4.41. The van der Waals surface area contributed by atoms with Gasteiger partial charge in [-0.3, -0.25) is 14.7 Å². The van der Waals surface area contributed by atoms with Crippen molar-refractivity contribution in [2.45, 2.75) is 70.9 Å². The van der Waals surface area contributed by atoms with Gasteiger partial charge < -0.3 is 5.32 Å². The molecule has 1 atom stereocenters. The number of pyridine rings is 1. The molecule has 0 spiro atoms. The standard InChI is InChI=1S/C21H33N3O/c1-17(18-7-3-2-4-8-18)15-21(25)23-19-10-13-24(14-11-19)16-20-9-5-6-12-22-20/h5-6,9,12,17-19H,2-4,7-8,10-11,13-16H2,1H3,(H,23,25)/t17-/m1/s1. The van der Waals surface area contributed by atoms with Gasteiger partial charge in [0.05, 0.1) is 5.69 Å². The van der Waals surface area contributed by atoms with E-state index in [9.17, 15) is 4.79 Å². The number of piperidine rings is 1. The molecule has 1 aromatic heterocycles. The van der Waals surface area contributed by atoms with Gasteiger partial charge in [-0.05, 0) is 36.8 Å². The molecule has 0 unspecified atom stereocenters. The van der Waals surface area contributed by atoms with E-state index in [1.54, 1.807) is 0 Å². The molecule has 4 nitrogen and oxygen atoms in total. The van der Waals surface area contributed by atoms with Gasteiger partial charge in [-0.1, -0.05) is 45.1 Å². The molecule has 2 fully saturated rings. The number of hydrogen-bond acceptors (Lipinski definition) is 3. The minimum absolute atomic E-state index is 0.265. The van der Waals surface area contributed by atoms with Crippen LogP contribution < -0.4 is 5.32 Å². The summed E-state index contributed by atoms with van der Waals surface area (Å²) in [5.74, 6) is 1.56. The van der Waals surface area contributed by atoms with Crippen LogP contribution >= 0.6 is 0 Å². The highest BCUT2D eigenvalue weighted by atomic mass is 16.1. The second kappa shape index (κ2) is 9.33. The molecule has 1 N–H and O–H groups in total. The van der Waals surface area contributed by atoms with Crippen LogP contribution in [0.5, 0.6) is 0 Å². The number of carbonyl (C=O) groups excluding carboxylic acids is 1. The van der Waals surface area contributed by atoms with Gasteiger partial charge in [0.1, 0.15) is 0 Å². The lowest BCUT2D eigenvalue weighted by Crippen LogP contribution is -2.44. The molecule has 1 aromatic rings. The number of likely N-dealkylation sites (tertiary alicyclic amines) is 1. The van der Waals surface area contributed by atoms with Crippen molar-refractivity contribution >= 4 is 5.91 Å². The van der Waals surface area contributed by atoms with Gasteiger partial charge in [-0.2, -0.15) is 0 Å². The highest BCUT2D eigenvalue weighted by molar-refractivity contribution is 5.76. The maximum Gasteiger partial charge on any atom is 0.220 e. The Morgan fingerprint density at radius 1 is 1.20 bits per heavy atom. The summed E-state index contributed by atoms with van der Waals surface area (Å²) in [5, 5.41) is 3.29. The summed E-state index contributed by atoms with van der Waals surface area (Å²) in [6.07, 6.45) is 11.4. The topological polar surface area (TPSA) is 45.2 Å². The van der Waals surface area contributed by atoms with Crippen molar-refractivity contribution in [3.05, 3.63) is 30.1 Å². The fourth-order valence-corrected chi connectivity index (χ4v) is 4.41. The van der Waals surface area contributed by atoms with Crippen LogP contribution in [0, 0.1) is 11.8 Å². The maximum atomic E-state index is 12.4. The normalized spacial score (nSPS) is 21.8. The number of amides is 1. The smallest absolute Gasteiger partial charge is 0.220 e. The molecule has 25 heavy (non-hydrogen) atoms. The first-order chi connectivity index (χ1) is 12.2. The molecule has 3 rings (SSSR count). The first-order valence-corrected chi connectivity index (χ1v) is 10.1. The molecule has 0 radical (unpaired) electrons. The predicted molar refractivity (Wildman–Crippen MR) is 101 cm³/mol. The van der Waals surface area contributed by atoms with Crippen LogP contribution in [0.1, 0.15) is 64.0 Å². The first-order valence-electron chi connectivity index (χ1n) is 10.1. The molecule has 1 saturated heterocycles. The zero-order chi connectivity index (χ0) is 17.5. The van der Waals surface area contributed by atoms with Crippen molar-refractivity contribution in [3.63, 3.8) is 0 Å². The van der Waals surface area contributed by atoms with Gasteiger partial charge >= 0.3 is 0 Å². The van der Waals surface area contributed by atoms with Crippen LogP contribution in [0.4, 0.5) is 0 Å². The van der Waals surface area contributed by atoms with Crippen molar-refractivity contribution in [1.29, 1.82) is 0 Å². The molecule has 1 saturated carbocycles. The van der Waals surface area contributed by atoms with E-state index in [1.165, 1.54) is 32.1 Å². The molecule has 0 aromatic carbocycles. The Bertz CT molecular complexity index is 519. The summed E-state index contributed by atoms with van der Waals surface area (Å²) < 4.78 is 0. The summed E-state index contributed by atoms with van der Waals surface area (Å²) >= 11 is 0. The first kappa shape index (κ1) is 18.4. The minimum atomic E-state index is 0.265. The summed E-state index contributed by atoms with van der Waals surface area (Å²) in [6.45, 7) is 5.27. The highest BCUT2D eigenvalue weighted by Crippen LogP contribution is 2.31. The molecule has 2 heterocycles. The van der Waals surface area contributed by atoms with E-state index < -0.39 is 0 Å². The zero-order valence-electron chi connectivity index (χ0n) is 15.6. The van der Waals surface area contributed by atoms with Crippen LogP contribution in [-0.4, -0.2) is 34.9 Å². The lowest BCUT2D eigenvalue weighted by molar-refractivity contribution is -0.123. The van der Waals surface area contributed by atoms with E-state index in [0.717, 1.165) is 44.1 Å². The predicted octanol–water partition coefficient (Wildman–Crippen LogP) is 3.77. The van der Waals surface area contributed by atoms with Gasteiger partial charge in [-0.15, -0.1) is 0 Å². The Labute approximate surface area is 152 Å². The van der Waals surface area contributed by atoms with Crippen molar-refractivity contribution in [1.82, 2.24) is 15.2 Å². The van der Waals surface area contributed by atoms with Crippen molar-refractivity contribution in [3.8, 4) is 0 Å². The van der Waals surface area contributed by atoms with E-state index in [0.29, 0.717) is 18.4 Å². The van der Waals surface area contributed by atoms with E-state index in [1.807, 2.05) is 18.3 Å². The van der Waals surface area contributed by atoms with E-state index in [4.69, 9.17) is 0 Å². The number of nitrogens with zero attached hydrogens (tertiary/aromatic N) is 2. The third kappa shape index (κ3) is 5.81. The summed E-state index contributed by atoms with van der Waals surface area (Å²) in [6, 6.07) is 6.44. The molecular weight excluding hydrogens is 310 g/mol. The zero-order valence-corrected chi connectivity index (χ0v) is 15.6. The van der Waals surface area contributed by atoms with Gasteiger partial charge in [0, 0.05) is 38.3 Å². The van der Waals surface area contributed by atoms with Gasteiger partial charge in [-0.25, -0.2) is 0 Å². The molecule has 4 heteroatoms. The number of hydrogen-bond donors (Lipinski definition) is 1. The average Bonchev–Trinajstić information content (AvgIpc) is 2.65. The largest absolute Gasteiger partial charge is 0.353 e. The Morgan fingerprint density at radius 2 is 1.96 bits per heavy atom. The van der Waals surface area contributed by atoms with Crippen LogP contribution in [0.15, 0.2) is 24.4 Å². The summed E-state index contributed by atoms with van der Waals surface area (Å²) in [5.41, 5.74) is 1.13. The number of carbonyl (C=O) groups is 1. The second-order valence-corrected chi connectivity index (χ2v) is 8.02. The van der Waals surface area contributed by atoms with E-state index >= 15 is 0 Å². The van der Waals surface area contributed by atoms with Crippen LogP contribution in [0.3, 0.4) is 0 Å². The Hall–Kier alpha value is -1.42. The number of nitrogens with one attached hydrogen (secondary N) is 1. The number of rotatable bonds is 6. The third-order valence-electron chi connectivity index (χ3n) is 6.03. The van der Waals surface area contributed by atoms with Gasteiger partial charge in [0.15, 0.2) is 0 Å². The van der Waals surface area contributed by atoms with Crippen LogP contribution in [-0.2, 0) is 11.3 Å². The second-order valence-electron chi connectivity index (χ2n) is 8.02. The minimum Gasteiger partial charge on any atom is -0.353 e. The monoisotopic (exact) mass is 343 g/mol. The highest BCUT2D eigenvalue weighted by Gasteiger charge is 2.25. The Kier molecular flexibility index (Phi) is 6.85. The maximum absolute atomic E-state index is 12.4. The Balaban J connectivity index is 1.36. The van der Waals surface area contributed by atoms with E-state index in [-0.39, 0.29) is 5.91 Å². The van der Waals surface area contributed by atoms with Crippen LogP contribution in [0.2, 0.25) is 0 Å². The lowest BCUT2D eigenvalue weighted by Gasteiger charge is -2.33. The third-order valence-corrected chi connectivity index (χ3v) is 6.03. The van der Waals surface area contributed by atoms with Gasteiger partial charge in [0.25, 0.3) is 0 Å². The molecule has 1 amide bonds. The molecule has 0 bridgehead atoms. The molecular formula is C21H33N3O. The molecule has 1 aliphatic heterocycles. The fraction of sp³-hybridized carbons (Fsp3) is 0.714. The summed E-state index contributed by atoms with van der Waals surface area (Å²) in [4.78, 5) is 19.2. The SMILES string of the molecule is C[C@H](CC(=O)NC1CCN(Cc2ccccn2)CC1)C1CCCCC1. The Morgan fingerprint density at radius 3 is 2.64 bits per heavy atom. The van der Waals surface area contributed by atoms with Crippen molar-refractivity contribution in [2.24, 2.45) is 11.8 Å². The molecule has 2 aliphatic rings. The van der Waals surface area contributed by atoms with Gasteiger partial charge in [0.2, 0.25) is 5.91 Å². The van der Waals surface area contributed by atoms with Crippen molar-refractivity contribution < 1.29 is 4.79 Å². The average molecular weight is 344 g/mol. The lowest BCUT2D eigenvalue weighted by atomic mass is 9.79. The van der Waals surface area contributed by atoms with E-state index in [2.05, 4.69) is 28.2 Å². The molecule has 1 aliphatic carbocycles. The van der Waals surface area contributed by atoms with Crippen molar-refractivity contribution in [2.75, 3.05) is 13.1 Å². The molecule has 138 valence electrons. The quantitative estimate of drug-likeness (QED) is 0.855. The van der Waals surface area contributed by atoms with Crippen LogP contribution in [0.25, 0.3) is 0 Å². The summed E-state index contributed by atoms with van der Waals surface area (Å²) in [7, 11) is 0. The number of aromatic nitrogens is 1.